The molecule has 0 bridgehead atoms. The van der Waals surface area contributed by atoms with Crippen molar-refractivity contribution in [2.45, 2.75) is 6.54 Å². The molecule has 148 valence electrons. The first-order valence-corrected chi connectivity index (χ1v) is 9.91. The molecule has 30 heavy (non-hydrogen) atoms. The summed E-state index contributed by atoms with van der Waals surface area (Å²) in [7, 11) is 1.84. The summed E-state index contributed by atoms with van der Waals surface area (Å²) >= 11 is 6.20. The lowest BCUT2D eigenvalue weighted by Crippen LogP contribution is -2.20. The van der Waals surface area contributed by atoms with Gasteiger partial charge >= 0.3 is 0 Å². The average Bonchev–Trinajstić information content (AvgIpc) is 3.10. The van der Waals surface area contributed by atoms with Gasteiger partial charge in [-0.1, -0.05) is 48.0 Å². The van der Waals surface area contributed by atoms with Gasteiger partial charge in [-0.25, -0.2) is 4.98 Å². The maximum absolute atomic E-state index is 13.7. The van der Waals surface area contributed by atoms with E-state index in [1.54, 1.807) is 27.6 Å². The van der Waals surface area contributed by atoms with Gasteiger partial charge in [0.25, 0.3) is 5.56 Å². The number of benzene rings is 2. The maximum Gasteiger partial charge on any atom is 0.270 e. The summed E-state index contributed by atoms with van der Waals surface area (Å²) in [5, 5.41) is 9.85. The van der Waals surface area contributed by atoms with E-state index < -0.39 is 0 Å². The number of aryl methyl sites for hydroxylation is 1. The molecule has 0 fully saturated rings. The van der Waals surface area contributed by atoms with Crippen molar-refractivity contribution in [2.24, 2.45) is 7.05 Å². The number of aromatic nitrogens is 4. The third kappa shape index (κ3) is 3.02. The van der Waals surface area contributed by atoms with Crippen LogP contribution in [0.15, 0.2) is 77.7 Å². The number of nitrogens with zero attached hydrogens (tertiary/aromatic N) is 4. The Labute approximate surface area is 177 Å². The van der Waals surface area contributed by atoms with Crippen molar-refractivity contribution in [1.82, 2.24) is 19.3 Å². The standard InChI is InChI=1S/C23H18ClN5O/c1-28-20-18-11-6-12-25-22(18)29(17-10-5-9-16(24)13-17)23(30)19(20)21(27-28)26-14-15-7-3-2-4-8-15/h2-13H,14H2,1H3,(H,26,27). The molecule has 0 atom stereocenters. The molecule has 5 rings (SSSR count). The van der Waals surface area contributed by atoms with Crippen molar-refractivity contribution >= 4 is 39.4 Å². The Kier molecular flexibility index (Phi) is 4.48. The Balaban J connectivity index is 1.78. The van der Waals surface area contributed by atoms with Crippen LogP contribution in [-0.4, -0.2) is 19.3 Å². The molecular weight excluding hydrogens is 398 g/mol. The van der Waals surface area contributed by atoms with E-state index >= 15 is 0 Å². The van der Waals surface area contributed by atoms with Gasteiger partial charge in [0, 0.05) is 30.2 Å². The van der Waals surface area contributed by atoms with Crippen molar-refractivity contribution in [3.05, 3.63) is 93.9 Å². The van der Waals surface area contributed by atoms with Crippen LogP contribution < -0.4 is 10.9 Å². The third-order valence-corrected chi connectivity index (χ3v) is 5.32. The van der Waals surface area contributed by atoms with E-state index in [1.165, 1.54) is 0 Å². The second-order valence-electron chi connectivity index (χ2n) is 7.03. The van der Waals surface area contributed by atoms with Crippen molar-refractivity contribution in [1.29, 1.82) is 0 Å². The molecule has 3 aromatic heterocycles. The van der Waals surface area contributed by atoms with Gasteiger partial charge in [-0.05, 0) is 35.9 Å². The minimum Gasteiger partial charge on any atom is -0.364 e. The molecule has 0 aliphatic carbocycles. The van der Waals surface area contributed by atoms with Crippen LogP contribution in [0.4, 0.5) is 5.82 Å². The van der Waals surface area contributed by atoms with Crippen LogP contribution in [0.5, 0.6) is 0 Å². The minimum absolute atomic E-state index is 0.192. The Hall–Kier alpha value is -3.64. The van der Waals surface area contributed by atoms with Crippen molar-refractivity contribution in [2.75, 3.05) is 5.32 Å². The highest BCUT2D eigenvalue weighted by Crippen LogP contribution is 2.28. The molecular formula is C23H18ClN5O. The van der Waals surface area contributed by atoms with E-state index in [9.17, 15) is 4.79 Å². The molecule has 2 aromatic carbocycles. The number of halogens is 1. The van der Waals surface area contributed by atoms with Crippen LogP contribution in [0.25, 0.3) is 27.6 Å². The highest BCUT2D eigenvalue weighted by Gasteiger charge is 2.20. The fraction of sp³-hybridized carbons (Fsp3) is 0.0870. The SMILES string of the molecule is Cn1nc(NCc2ccccc2)c2c(=O)n(-c3cccc(Cl)c3)c3ncccc3c21. The monoisotopic (exact) mass is 415 g/mol. The molecule has 1 N–H and O–H groups in total. The van der Waals surface area contributed by atoms with E-state index in [0.717, 1.165) is 16.5 Å². The molecule has 0 spiro atoms. The Morgan fingerprint density at radius 1 is 1.03 bits per heavy atom. The molecule has 3 heterocycles. The van der Waals surface area contributed by atoms with E-state index in [-0.39, 0.29) is 5.56 Å². The van der Waals surface area contributed by atoms with Crippen LogP contribution in [0, 0.1) is 0 Å². The van der Waals surface area contributed by atoms with Crippen LogP contribution in [0.1, 0.15) is 5.56 Å². The van der Waals surface area contributed by atoms with E-state index in [1.807, 2.05) is 61.6 Å². The summed E-state index contributed by atoms with van der Waals surface area (Å²) in [6.45, 7) is 0.564. The summed E-state index contributed by atoms with van der Waals surface area (Å²) in [6, 6.07) is 21.0. The van der Waals surface area contributed by atoms with E-state index in [0.29, 0.717) is 34.1 Å². The molecule has 0 aliphatic rings. The van der Waals surface area contributed by atoms with E-state index in [2.05, 4.69) is 15.4 Å². The normalized spacial score (nSPS) is 11.3. The molecule has 0 radical (unpaired) electrons. The number of hydrogen-bond donors (Lipinski definition) is 1. The molecule has 5 aromatic rings. The molecule has 6 nitrogen and oxygen atoms in total. The van der Waals surface area contributed by atoms with Crippen LogP contribution in [0.2, 0.25) is 5.02 Å². The number of nitrogens with one attached hydrogen (secondary N) is 1. The smallest absolute Gasteiger partial charge is 0.270 e. The van der Waals surface area contributed by atoms with Gasteiger partial charge < -0.3 is 5.32 Å². The number of anilines is 1. The summed E-state index contributed by atoms with van der Waals surface area (Å²) < 4.78 is 3.33. The second kappa shape index (κ2) is 7.31. The van der Waals surface area contributed by atoms with Crippen LogP contribution >= 0.6 is 11.6 Å². The van der Waals surface area contributed by atoms with Crippen LogP contribution in [0.3, 0.4) is 0 Å². The third-order valence-electron chi connectivity index (χ3n) is 5.09. The molecule has 0 amide bonds. The number of fused-ring (bicyclic) bond motifs is 3. The van der Waals surface area contributed by atoms with Gasteiger partial charge in [0.05, 0.1) is 11.2 Å². The fourth-order valence-electron chi connectivity index (χ4n) is 3.76. The first-order valence-electron chi connectivity index (χ1n) is 9.53. The summed E-state index contributed by atoms with van der Waals surface area (Å²) in [5.74, 6) is 0.544. The second-order valence-corrected chi connectivity index (χ2v) is 7.47. The predicted octanol–water partition coefficient (Wildman–Crippen LogP) is 4.54. The summed E-state index contributed by atoms with van der Waals surface area (Å²) in [6.07, 6.45) is 1.68. The van der Waals surface area contributed by atoms with Crippen molar-refractivity contribution in [3.63, 3.8) is 0 Å². The molecule has 0 unspecified atom stereocenters. The Bertz CT molecular complexity index is 1440. The first kappa shape index (κ1) is 18.4. The zero-order valence-electron chi connectivity index (χ0n) is 16.2. The lowest BCUT2D eigenvalue weighted by atomic mass is 10.2. The van der Waals surface area contributed by atoms with Gasteiger partial charge in [0.1, 0.15) is 11.0 Å². The summed E-state index contributed by atoms with van der Waals surface area (Å²) in [5.41, 5.74) is 2.89. The number of hydrogen-bond acceptors (Lipinski definition) is 4. The highest BCUT2D eigenvalue weighted by molar-refractivity contribution is 6.30. The Morgan fingerprint density at radius 3 is 2.67 bits per heavy atom. The Morgan fingerprint density at radius 2 is 1.87 bits per heavy atom. The van der Waals surface area contributed by atoms with Gasteiger partial charge in [0.2, 0.25) is 0 Å². The highest BCUT2D eigenvalue weighted by atomic mass is 35.5. The van der Waals surface area contributed by atoms with Gasteiger partial charge in [-0.2, -0.15) is 5.10 Å². The molecule has 7 heteroatoms. The molecule has 0 aliphatic heterocycles. The minimum atomic E-state index is -0.192. The maximum atomic E-state index is 13.7. The fourth-order valence-corrected chi connectivity index (χ4v) is 3.95. The lowest BCUT2D eigenvalue weighted by Gasteiger charge is -2.12. The quantitative estimate of drug-likeness (QED) is 0.468. The van der Waals surface area contributed by atoms with Gasteiger partial charge in [-0.3, -0.25) is 14.0 Å². The largest absolute Gasteiger partial charge is 0.364 e. The zero-order valence-corrected chi connectivity index (χ0v) is 17.0. The van der Waals surface area contributed by atoms with Crippen LogP contribution in [-0.2, 0) is 13.6 Å². The number of rotatable bonds is 4. The first-order chi connectivity index (χ1) is 14.6. The van der Waals surface area contributed by atoms with Gasteiger partial charge in [0.15, 0.2) is 5.82 Å². The zero-order chi connectivity index (χ0) is 20.7. The molecule has 0 saturated carbocycles. The van der Waals surface area contributed by atoms with E-state index in [4.69, 9.17) is 11.6 Å². The van der Waals surface area contributed by atoms with Crippen molar-refractivity contribution < 1.29 is 0 Å². The average molecular weight is 416 g/mol. The predicted molar refractivity (Wildman–Crippen MR) is 120 cm³/mol. The van der Waals surface area contributed by atoms with Crippen molar-refractivity contribution in [3.8, 4) is 5.69 Å². The molecule has 0 saturated heterocycles. The topological polar surface area (TPSA) is 64.7 Å². The van der Waals surface area contributed by atoms with Gasteiger partial charge in [-0.15, -0.1) is 0 Å². The number of pyridine rings is 2. The summed E-state index contributed by atoms with van der Waals surface area (Å²) in [4.78, 5) is 18.2. The lowest BCUT2D eigenvalue weighted by molar-refractivity contribution is 0.799.